The van der Waals surface area contributed by atoms with Crippen molar-refractivity contribution in [3.63, 3.8) is 0 Å². The number of nitrogens with one attached hydrogen (secondary N) is 1. The van der Waals surface area contributed by atoms with Crippen molar-refractivity contribution in [2.24, 2.45) is 5.41 Å². The van der Waals surface area contributed by atoms with Crippen LogP contribution in [0.15, 0.2) is 24.7 Å². The molecule has 4 nitrogen and oxygen atoms in total. The average molecular weight is 324 g/mol. The van der Waals surface area contributed by atoms with Crippen LogP contribution in [-0.2, 0) is 6.18 Å². The van der Waals surface area contributed by atoms with Gasteiger partial charge in [-0.15, -0.1) is 0 Å². The Balaban J connectivity index is 1.67. The van der Waals surface area contributed by atoms with Gasteiger partial charge in [0.25, 0.3) is 0 Å². The lowest BCUT2D eigenvalue weighted by molar-refractivity contribution is -0.137. The third-order valence-electron chi connectivity index (χ3n) is 5.31. The average Bonchev–Trinajstić information content (AvgIpc) is 3.15. The van der Waals surface area contributed by atoms with Crippen LogP contribution in [0.1, 0.15) is 24.8 Å². The first-order valence-corrected chi connectivity index (χ1v) is 7.96. The molecule has 2 aliphatic heterocycles. The van der Waals surface area contributed by atoms with E-state index in [-0.39, 0.29) is 0 Å². The molecule has 0 unspecified atom stereocenters. The largest absolute Gasteiger partial charge is 0.416 e. The van der Waals surface area contributed by atoms with Gasteiger partial charge in [-0.25, -0.2) is 4.98 Å². The van der Waals surface area contributed by atoms with Gasteiger partial charge in [-0.1, -0.05) is 0 Å². The van der Waals surface area contributed by atoms with Crippen LogP contribution in [-0.4, -0.2) is 35.6 Å². The summed E-state index contributed by atoms with van der Waals surface area (Å²) >= 11 is 0. The van der Waals surface area contributed by atoms with Gasteiger partial charge >= 0.3 is 6.18 Å². The van der Waals surface area contributed by atoms with Crippen LogP contribution in [0.25, 0.3) is 5.52 Å². The topological polar surface area (TPSA) is 32.6 Å². The molecule has 0 amide bonds. The van der Waals surface area contributed by atoms with Crippen LogP contribution in [0.3, 0.4) is 0 Å². The lowest BCUT2D eigenvalue weighted by atomic mass is 9.78. The molecule has 2 aliphatic rings. The third kappa shape index (κ3) is 2.56. The fraction of sp³-hybridized carbons (Fsp3) is 0.562. The zero-order chi connectivity index (χ0) is 16.1. The quantitative estimate of drug-likeness (QED) is 0.875. The van der Waals surface area contributed by atoms with Crippen molar-refractivity contribution in [2.75, 3.05) is 31.1 Å². The summed E-state index contributed by atoms with van der Waals surface area (Å²) in [6.07, 6.45) is 1.94. The highest BCUT2D eigenvalue weighted by Gasteiger charge is 2.38. The van der Waals surface area contributed by atoms with Gasteiger partial charge in [0, 0.05) is 19.6 Å². The first kappa shape index (κ1) is 14.8. The summed E-state index contributed by atoms with van der Waals surface area (Å²) in [5.74, 6) is 0.591. The lowest BCUT2D eigenvalue weighted by Crippen LogP contribution is -2.42. The van der Waals surface area contributed by atoms with E-state index in [1.54, 1.807) is 10.7 Å². The maximum absolute atomic E-state index is 13.2. The van der Waals surface area contributed by atoms with E-state index in [1.807, 2.05) is 0 Å². The molecule has 2 aromatic rings. The summed E-state index contributed by atoms with van der Waals surface area (Å²) in [5, 5.41) is 3.41. The number of piperidine rings is 1. The minimum absolute atomic E-state index is 0.339. The molecule has 0 bridgehead atoms. The Bertz CT molecular complexity index is 706. The molecule has 2 saturated heterocycles. The minimum atomic E-state index is -4.34. The first-order chi connectivity index (χ1) is 11.0. The second-order valence-corrected chi connectivity index (χ2v) is 6.70. The number of anilines is 1. The zero-order valence-corrected chi connectivity index (χ0v) is 12.7. The number of hydrogen-bond acceptors (Lipinski definition) is 3. The van der Waals surface area contributed by atoms with Crippen molar-refractivity contribution in [1.82, 2.24) is 14.7 Å². The Kier molecular flexibility index (Phi) is 3.30. The predicted octanol–water partition coefficient (Wildman–Crippen LogP) is 2.93. The summed E-state index contributed by atoms with van der Waals surface area (Å²) in [5.41, 5.74) is 0.215. The molecule has 1 spiro atoms. The standard InChI is InChI=1S/C16H19F3N4/c17-16(18,19)12-7-13-9-21-11-23(13)14(8-12)22-5-2-15(3-6-22)1-4-20-10-15/h7-9,11,20H,1-6,10H2. The molecule has 23 heavy (non-hydrogen) atoms. The molecule has 0 radical (unpaired) electrons. The highest BCUT2D eigenvalue weighted by Crippen LogP contribution is 2.39. The van der Waals surface area contributed by atoms with Gasteiger partial charge in [0.1, 0.15) is 12.1 Å². The second kappa shape index (κ2) is 5.12. The number of alkyl halides is 3. The molecular weight excluding hydrogens is 305 g/mol. The second-order valence-electron chi connectivity index (χ2n) is 6.70. The normalized spacial score (nSPS) is 21.4. The number of hydrogen-bond donors (Lipinski definition) is 1. The number of aromatic nitrogens is 2. The summed E-state index contributed by atoms with van der Waals surface area (Å²) in [6.45, 7) is 3.66. The number of pyridine rings is 1. The van der Waals surface area contributed by atoms with Crippen molar-refractivity contribution in [2.45, 2.75) is 25.4 Å². The van der Waals surface area contributed by atoms with Crippen LogP contribution < -0.4 is 10.2 Å². The maximum atomic E-state index is 13.2. The smallest absolute Gasteiger partial charge is 0.358 e. The SMILES string of the molecule is FC(F)(F)c1cc(N2CCC3(CCNC3)CC2)n2cncc2c1. The van der Waals surface area contributed by atoms with Gasteiger partial charge < -0.3 is 10.2 Å². The molecule has 4 rings (SSSR count). The van der Waals surface area contributed by atoms with E-state index in [0.717, 1.165) is 45.1 Å². The van der Waals surface area contributed by atoms with Crippen LogP contribution >= 0.6 is 0 Å². The fourth-order valence-electron chi connectivity index (χ4n) is 3.85. The monoisotopic (exact) mass is 324 g/mol. The van der Waals surface area contributed by atoms with Crippen LogP contribution in [0.2, 0.25) is 0 Å². The van der Waals surface area contributed by atoms with Crippen LogP contribution in [0, 0.1) is 5.41 Å². The van der Waals surface area contributed by atoms with Gasteiger partial charge in [-0.05, 0) is 43.4 Å². The van der Waals surface area contributed by atoms with Crippen molar-refractivity contribution in [1.29, 1.82) is 0 Å². The fourth-order valence-corrected chi connectivity index (χ4v) is 3.85. The lowest BCUT2D eigenvalue weighted by Gasteiger charge is -2.40. The van der Waals surface area contributed by atoms with E-state index in [1.165, 1.54) is 18.7 Å². The minimum Gasteiger partial charge on any atom is -0.358 e. The van der Waals surface area contributed by atoms with Gasteiger partial charge in [0.15, 0.2) is 0 Å². The summed E-state index contributed by atoms with van der Waals surface area (Å²) in [4.78, 5) is 6.07. The Morgan fingerprint density at radius 3 is 2.57 bits per heavy atom. The molecule has 0 aromatic carbocycles. The van der Waals surface area contributed by atoms with E-state index >= 15 is 0 Å². The van der Waals surface area contributed by atoms with Crippen molar-refractivity contribution >= 4 is 11.3 Å². The Labute approximate surface area is 132 Å². The molecule has 7 heteroatoms. The van der Waals surface area contributed by atoms with Crippen molar-refractivity contribution < 1.29 is 13.2 Å². The van der Waals surface area contributed by atoms with Crippen molar-refractivity contribution in [3.8, 4) is 0 Å². The van der Waals surface area contributed by atoms with E-state index in [9.17, 15) is 13.2 Å². The van der Waals surface area contributed by atoms with Gasteiger partial charge in [0.05, 0.1) is 17.3 Å². The first-order valence-electron chi connectivity index (χ1n) is 7.96. The zero-order valence-electron chi connectivity index (χ0n) is 12.7. The number of rotatable bonds is 1. The molecule has 124 valence electrons. The Morgan fingerprint density at radius 1 is 1.13 bits per heavy atom. The van der Waals surface area contributed by atoms with E-state index < -0.39 is 11.7 Å². The third-order valence-corrected chi connectivity index (χ3v) is 5.31. The molecule has 1 N–H and O–H groups in total. The van der Waals surface area contributed by atoms with E-state index in [0.29, 0.717) is 16.7 Å². The molecule has 2 aromatic heterocycles. The summed E-state index contributed by atoms with van der Waals surface area (Å²) in [6, 6.07) is 2.41. The Hall–Kier alpha value is -1.76. The maximum Gasteiger partial charge on any atom is 0.416 e. The summed E-state index contributed by atoms with van der Waals surface area (Å²) in [7, 11) is 0. The van der Waals surface area contributed by atoms with Gasteiger partial charge in [-0.2, -0.15) is 13.2 Å². The highest BCUT2D eigenvalue weighted by molar-refractivity contribution is 5.58. The molecule has 0 atom stereocenters. The number of halogens is 3. The van der Waals surface area contributed by atoms with Gasteiger partial charge in [0.2, 0.25) is 0 Å². The Morgan fingerprint density at radius 2 is 1.91 bits per heavy atom. The van der Waals surface area contributed by atoms with E-state index in [2.05, 4.69) is 15.2 Å². The van der Waals surface area contributed by atoms with Gasteiger partial charge in [-0.3, -0.25) is 4.40 Å². The highest BCUT2D eigenvalue weighted by atomic mass is 19.4. The van der Waals surface area contributed by atoms with E-state index in [4.69, 9.17) is 0 Å². The van der Waals surface area contributed by atoms with Crippen LogP contribution in [0.5, 0.6) is 0 Å². The molecule has 0 aliphatic carbocycles. The molecule has 0 saturated carbocycles. The van der Waals surface area contributed by atoms with Crippen LogP contribution in [0.4, 0.5) is 19.0 Å². The van der Waals surface area contributed by atoms with Crippen molar-refractivity contribution in [3.05, 3.63) is 30.2 Å². The molecular formula is C16H19F3N4. The molecule has 4 heterocycles. The molecule has 2 fully saturated rings. The predicted molar refractivity (Wildman–Crippen MR) is 81.6 cm³/mol. The number of fused-ring (bicyclic) bond motifs is 1. The number of imidazole rings is 1. The summed E-state index contributed by atoms with van der Waals surface area (Å²) < 4.78 is 41.2. The number of nitrogens with zero attached hydrogens (tertiary/aromatic N) is 3.